The van der Waals surface area contributed by atoms with Crippen molar-refractivity contribution < 1.29 is 4.92 Å². The van der Waals surface area contributed by atoms with Gasteiger partial charge >= 0.3 is 4.61 Å². The maximum absolute atomic E-state index is 9.96. The van der Waals surface area contributed by atoms with E-state index < -0.39 is 4.92 Å². The van der Waals surface area contributed by atoms with Crippen LogP contribution in [0, 0.1) is 10.1 Å². The van der Waals surface area contributed by atoms with Crippen LogP contribution in [0.25, 0.3) is 0 Å². The molecule has 0 radical (unpaired) electrons. The van der Waals surface area contributed by atoms with Gasteiger partial charge in [0, 0.05) is 23.0 Å². The van der Waals surface area contributed by atoms with Crippen LogP contribution in [0.2, 0.25) is 0 Å². The number of halogens is 1. The summed E-state index contributed by atoms with van der Waals surface area (Å²) < 4.78 is -0.0231. The Morgan fingerprint density at radius 2 is 2.22 bits per heavy atom. The van der Waals surface area contributed by atoms with Crippen molar-refractivity contribution in [2.24, 2.45) is 0 Å². The van der Waals surface area contributed by atoms with E-state index in [0.29, 0.717) is 5.70 Å². The average molecular weight is 195 g/mol. The highest BCUT2D eigenvalue weighted by Crippen LogP contribution is 2.08. The molecule has 0 bridgehead atoms. The number of allylic oxidation sites excluding steroid dienone is 1. The Morgan fingerprint density at radius 3 is 2.33 bits per heavy atom. The van der Waals surface area contributed by atoms with Gasteiger partial charge < -0.3 is 5.32 Å². The second-order valence-electron chi connectivity index (χ2n) is 1.42. The Bertz CT molecular complexity index is 155. The molecule has 52 valence electrons. The van der Waals surface area contributed by atoms with Gasteiger partial charge in [0.05, 0.1) is 10.6 Å². The van der Waals surface area contributed by atoms with Crippen molar-refractivity contribution in [1.29, 1.82) is 0 Å². The van der Waals surface area contributed by atoms with Crippen LogP contribution >= 0.6 is 15.9 Å². The van der Waals surface area contributed by atoms with Crippen LogP contribution < -0.4 is 5.32 Å². The fourth-order valence-electron chi connectivity index (χ4n) is 0.240. The molecule has 0 aromatic carbocycles. The number of nitrogens with one attached hydrogen (secondary N) is 1. The predicted molar refractivity (Wildman–Crippen MR) is 37.7 cm³/mol. The van der Waals surface area contributed by atoms with E-state index in [4.69, 9.17) is 0 Å². The predicted octanol–water partition coefficient (Wildman–Crippen LogP) is 1.07. The van der Waals surface area contributed by atoms with E-state index in [9.17, 15) is 10.1 Å². The van der Waals surface area contributed by atoms with E-state index in [1.54, 1.807) is 14.0 Å². The third-order valence-corrected chi connectivity index (χ3v) is 1.73. The molecule has 5 heteroatoms. The molecular weight excluding hydrogens is 188 g/mol. The zero-order valence-electron chi connectivity index (χ0n) is 5.14. The zero-order chi connectivity index (χ0) is 7.44. The Labute approximate surface area is 61.2 Å². The SMILES string of the molecule is CN/C(C)=C(/Br)[N+](=O)[O-]. The molecule has 9 heavy (non-hydrogen) atoms. The number of hydrogen-bond donors (Lipinski definition) is 1. The molecule has 0 saturated heterocycles. The molecule has 0 atom stereocenters. The van der Waals surface area contributed by atoms with Gasteiger partial charge in [-0.3, -0.25) is 10.1 Å². The van der Waals surface area contributed by atoms with Gasteiger partial charge in [0.15, 0.2) is 0 Å². The van der Waals surface area contributed by atoms with Crippen molar-refractivity contribution in [3.8, 4) is 0 Å². The number of rotatable bonds is 2. The number of nitro groups is 1. The van der Waals surface area contributed by atoms with Gasteiger partial charge in [0.1, 0.15) is 0 Å². The van der Waals surface area contributed by atoms with E-state index in [0.717, 1.165) is 0 Å². The zero-order valence-corrected chi connectivity index (χ0v) is 6.73. The number of nitrogens with zero attached hydrogens (tertiary/aromatic N) is 1. The minimum absolute atomic E-state index is 0.0231. The van der Waals surface area contributed by atoms with Gasteiger partial charge in [-0.2, -0.15) is 0 Å². The second kappa shape index (κ2) is 3.45. The van der Waals surface area contributed by atoms with Crippen molar-refractivity contribution in [2.75, 3.05) is 7.05 Å². The molecule has 0 aliphatic carbocycles. The van der Waals surface area contributed by atoms with Crippen LogP contribution in [-0.4, -0.2) is 12.0 Å². The smallest absolute Gasteiger partial charge is 0.329 e. The summed E-state index contributed by atoms with van der Waals surface area (Å²) in [6.07, 6.45) is 0. The summed E-state index contributed by atoms with van der Waals surface area (Å²) in [5, 5.41) is 12.6. The maximum atomic E-state index is 9.96. The summed E-state index contributed by atoms with van der Waals surface area (Å²) in [5.41, 5.74) is 0.514. The maximum Gasteiger partial charge on any atom is 0.329 e. The molecular formula is C4H7BrN2O2. The summed E-state index contributed by atoms with van der Waals surface area (Å²) >= 11 is 2.79. The van der Waals surface area contributed by atoms with Crippen LogP contribution in [0.1, 0.15) is 6.92 Å². The summed E-state index contributed by atoms with van der Waals surface area (Å²) in [4.78, 5) is 9.47. The van der Waals surface area contributed by atoms with Crippen molar-refractivity contribution in [3.05, 3.63) is 20.4 Å². The Hall–Kier alpha value is -0.580. The van der Waals surface area contributed by atoms with Crippen LogP contribution in [0.3, 0.4) is 0 Å². The van der Waals surface area contributed by atoms with Gasteiger partial charge in [-0.25, -0.2) is 0 Å². The Kier molecular flexibility index (Phi) is 3.22. The fourth-order valence-corrected chi connectivity index (χ4v) is 0.438. The van der Waals surface area contributed by atoms with E-state index in [-0.39, 0.29) is 4.61 Å². The first-order chi connectivity index (χ1) is 4.09. The molecule has 1 N–H and O–H groups in total. The molecule has 0 aromatic heterocycles. The van der Waals surface area contributed by atoms with Crippen LogP contribution in [0.4, 0.5) is 0 Å². The lowest BCUT2D eigenvalue weighted by atomic mass is 10.5. The number of hydrogen-bond acceptors (Lipinski definition) is 3. The fraction of sp³-hybridized carbons (Fsp3) is 0.500. The molecule has 0 aliphatic rings. The molecule has 0 heterocycles. The van der Waals surface area contributed by atoms with Crippen LogP contribution in [-0.2, 0) is 0 Å². The Morgan fingerprint density at radius 1 is 1.78 bits per heavy atom. The van der Waals surface area contributed by atoms with Crippen molar-refractivity contribution in [2.45, 2.75) is 6.92 Å². The topological polar surface area (TPSA) is 55.2 Å². The molecule has 0 rings (SSSR count). The average Bonchev–Trinajstić information content (AvgIpc) is 1.84. The summed E-state index contributed by atoms with van der Waals surface area (Å²) in [6.45, 7) is 1.62. The monoisotopic (exact) mass is 194 g/mol. The highest BCUT2D eigenvalue weighted by molar-refractivity contribution is 9.11. The van der Waals surface area contributed by atoms with Gasteiger partial charge in [-0.15, -0.1) is 0 Å². The molecule has 0 saturated carbocycles. The van der Waals surface area contributed by atoms with E-state index in [1.165, 1.54) is 0 Å². The lowest BCUT2D eigenvalue weighted by molar-refractivity contribution is -0.410. The summed E-state index contributed by atoms with van der Waals surface area (Å²) in [7, 11) is 1.63. The summed E-state index contributed by atoms with van der Waals surface area (Å²) in [5.74, 6) is 0. The molecule has 0 amide bonds. The van der Waals surface area contributed by atoms with E-state index in [1.807, 2.05) is 0 Å². The summed E-state index contributed by atoms with van der Waals surface area (Å²) in [6, 6.07) is 0. The van der Waals surface area contributed by atoms with Gasteiger partial charge in [0.25, 0.3) is 0 Å². The van der Waals surface area contributed by atoms with Crippen molar-refractivity contribution in [3.63, 3.8) is 0 Å². The highest BCUT2D eigenvalue weighted by atomic mass is 79.9. The van der Waals surface area contributed by atoms with Gasteiger partial charge in [-0.05, 0) is 6.92 Å². The second-order valence-corrected chi connectivity index (χ2v) is 2.17. The minimum Gasteiger partial charge on any atom is -0.386 e. The highest BCUT2D eigenvalue weighted by Gasteiger charge is 2.07. The first kappa shape index (κ1) is 8.42. The molecule has 0 aromatic rings. The minimum atomic E-state index is -0.494. The molecule has 0 fully saturated rings. The van der Waals surface area contributed by atoms with Gasteiger partial charge in [-0.1, -0.05) is 0 Å². The molecule has 0 unspecified atom stereocenters. The van der Waals surface area contributed by atoms with Crippen molar-refractivity contribution in [1.82, 2.24) is 5.32 Å². The largest absolute Gasteiger partial charge is 0.386 e. The normalized spacial score (nSPS) is 12.3. The molecule has 0 aliphatic heterocycles. The lowest BCUT2D eigenvalue weighted by Crippen LogP contribution is -2.07. The standard InChI is InChI=1S/C4H7BrN2O2/c1-3(6-2)4(5)7(8)9/h6H,1-2H3/b4-3-. The molecule has 4 nitrogen and oxygen atoms in total. The third kappa shape index (κ3) is 2.46. The Balaban J connectivity index is 4.28. The van der Waals surface area contributed by atoms with Gasteiger partial charge in [0.2, 0.25) is 0 Å². The lowest BCUT2D eigenvalue weighted by Gasteiger charge is -1.94. The third-order valence-electron chi connectivity index (χ3n) is 0.845. The van der Waals surface area contributed by atoms with Crippen LogP contribution in [0.15, 0.2) is 10.3 Å². The molecule has 0 spiro atoms. The first-order valence-corrected chi connectivity index (χ1v) is 3.07. The van der Waals surface area contributed by atoms with Crippen molar-refractivity contribution >= 4 is 15.9 Å². The van der Waals surface area contributed by atoms with E-state index >= 15 is 0 Å². The first-order valence-electron chi connectivity index (χ1n) is 2.28. The van der Waals surface area contributed by atoms with Crippen LogP contribution in [0.5, 0.6) is 0 Å². The quantitative estimate of drug-likeness (QED) is 0.407. The van der Waals surface area contributed by atoms with E-state index in [2.05, 4.69) is 21.2 Å².